The summed E-state index contributed by atoms with van der Waals surface area (Å²) in [5.41, 5.74) is 0. The van der Waals surface area contributed by atoms with Gasteiger partial charge in [-0.3, -0.25) is 9.59 Å². The normalized spacial score (nSPS) is 13.1. The van der Waals surface area contributed by atoms with Crippen LogP contribution in [0, 0.1) is 0 Å². The summed E-state index contributed by atoms with van der Waals surface area (Å²) in [7, 11) is -3.43. The van der Waals surface area contributed by atoms with Crippen LogP contribution in [-0.2, 0) is 19.4 Å². The first-order valence-corrected chi connectivity index (χ1v) is 7.33. The van der Waals surface area contributed by atoms with Crippen LogP contribution in [0.3, 0.4) is 0 Å². The summed E-state index contributed by atoms with van der Waals surface area (Å²) in [6, 6.07) is -1.08. The topological polar surface area (TPSA) is 101 Å². The Balaban J connectivity index is 4.14. The van der Waals surface area contributed by atoms with Crippen molar-refractivity contribution in [3.8, 4) is 0 Å². The highest BCUT2D eigenvalue weighted by Crippen LogP contribution is 2.00. The highest BCUT2D eigenvalue weighted by molar-refractivity contribution is 7.92. The molecule has 0 aromatic rings. The molecule has 0 aliphatic heterocycles. The summed E-state index contributed by atoms with van der Waals surface area (Å²) >= 11 is 0. The lowest BCUT2D eigenvalue weighted by atomic mass is 10.3. The van der Waals surface area contributed by atoms with Crippen LogP contribution in [0.25, 0.3) is 0 Å². The molecule has 6 nitrogen and oxygen atoms in total. The molecular weight excluding hydrogens is 246 g/mol. The molecule has 0 spiro atoms. The molecule has 2 N–H and O–H groups in total. The summed E-state index contributed by atoms with van der Waals surface area (Å²) in [4.78, 5) is 21.7. The average Bonchev–Trinajstić information content (AvgIpc) is 2.16. The van der Waals surface area contributed by atoms with Gasteiger partial charge < -0.3 is 10.4 Å². The molecule has 0 saturated carbocycles. The number of carbonyl (C=O) groups is 2. The molecule has 1 atom stereocenters. The molecule has 100 valence electrons. The first-order chi connectivity index (χ1) is 7.78. The standard InChI is InChI=1S/C10H19NO5S/c1-3-4-5-6-17(15,16)7-9(12)11-8(2)10(13)14/h8H,3-7H2,1-2H3,(H,11,12)(H,13,14). The van der Waals surface area contributed by atoms with Gasteiger partial charge in [0.05, 0.1) is 5.75 Å². The van der Waals surface area contributed by atoms with E-state index in [2.05, 4.69) is 5.32 Å². The zero-order valence-corrected chi connectivity index (χ0v) is 10.9. The third kappa shape index (κ3) is 7.73. The molecule has 0 rings (SSSR count). The summed E-state index contributed by atoms with van der Waals surface area (Å²) in [5, 5.41) is 10.6. The van der Waals surface area contributed by atoms with Gasteiger partial charge in [-0.2, -0.15) is 0 Å². The van der Waals surface area contributed by atoms with Crippen molar-refractivity contribution < 1.29 is 23.1 Å². The van der Waals surface area contributed by atoms with Crippen molar-refractivity contribution >= 4 is 21.7 Å². The van der Waals surface area contributed by atoms with E-state index in [0.29, 0.717) is 6.42 Å². The quantitative estimate of drug-likeness (QED) is 0.610. The molecule has 0 aliphatic carbocycles. The lowest BCUT2D eigenvalue weighted by molar-refractivity contribution is -0.140. The van der Waals surface area contributed by atoms with Gasteiger partial charge in [-0.25, -0.2) is 8.42 Å². The van der Waals surface area contributed by atoms with E-state index in [-0.39, 0.29) is 5.75 Å². The number of unbranched alkanes of at least 4 members (excludes halogenated alkanes) is 2. The number of carboxylic acid groups (broad SMARTS) is 1. The van der Waals surface area contributed by atoms with Crippen LogP contribution in [0.4, 0.5) is 0 Å². The average molecular weight is 265 g/mol. The van der Waals surface area contributed by atoms with Crippen molar-refractivity contribution in [3.63, 3.8) is 0 Å². The van der Waals surface area contributed by atoms with E-state index >= 15 is 0 Å². The summed E-state index contributed by atoms with van der Waals surface area (Å²) in [6.45, 7) is 3.23. The minimum Gasteiger partial charge on any atom is -0.480 e. The highest BCUT2D eigenvalue weighted by atomic mass is 32.2. The lowest BCUT2D eigenvalue weighted by Gasteiger charge is -2.09. The Kier molecular flexibility index (Phi) is 6.79. The Morgan fingerprint density at radius 3 is 2.35 bits per heavy atom. The summed E-state index contributed by atoms with van der Waals surface area (Å²) < 4.78 is 22.9. The molecule has 0 aromatic carbocycles. The predicted molar refractivity (Wildman–Crippen MR) is 63.4 cm³/mol. The van der Waals surface area contributed by atoms with Crippen molar-refractivity contribution in [3.05, 3.63) is 0 Å². The Morgan fingerprint density at radius 2 is 1.88 bits per heavy atom. The minimum absolute atomic E-state index is 0.0320. The summed E-state index contributed by atoms with van der Waals surface area (Å²) in [6.07, 6.45) is 2.23. The lowest BCUT2D eigenvalue weighted by Crippen LogP contribution is -2.41. The molecule has 0 aliphatic rings. The molecule has 1 amide bonds. The Bertz CT molecular complexity index is 363. The number of aliphatic carboxylic acids is 1. The first kappa shape index (κ1) is 15.9. The predicted octanol–water partition coefficient (Wildman–Crippen LogP) is 0.181. The van der Waals surface area contributed by atoms with Crippen LogP contribution in [0.1, 0.15) is 33.1 Å². The second-order valence-electron chi connectivity index (χ2n) is 3.93. The van der Waals surface area contributed by atoms with E-state index < -0.39 is 33.5 Å². The number of hydrogen-bond acceptors (Lipinski definition) is 4. The molecule has 1 unspecified atom stereocenters. The van der Waals surface area contributed by atoms with Crippen molar-refractivity contribution in [1.82, 2.24) is 5.32 Å². The first-order valence-electron chi connectivity index (χ1n) is 5.51. The number of amides is 1. The summed E-state index contributed by atoms with van der Waals surface area (Å²) in [5.74, 6) is -2.64. The molecule has 7 heteroatoms. The van der Waals surface area contributed by atoms with Crippen LogP contribution < -0.4 is 5.32 Å². The van der Waals surface area contributed by atoms with Gasteiger partial charge in [-0.1, -0.05) is 19.8 Å². The highest BCUT2D eigenvalue weighted by Gasteiger charge is 2.19. The van der Waals surface area contributed by atoms with E-state index in [0.717, 1.165) is 12.8 Å². The van der Waals surface area contributed by atoms with E-state index in [1.54, 1.807) is 0 Å². The van der Waals surface area contributed by atoms with E-state index in [1.165, 1.54) is 6.92 Å². The van der Waals surface area contributed by atoms with Gasteiger partial charge >= 0.3 is 5.97 Å². The molecule has 17 heavy (non-hydrogen) atoms. The minimum atomic E-state index is -3.43. The smallest absolute Gasteiger partial charge is 0.325 e. The molecule has 0 heterocycles. The number of hydrogen-bond donors (Lipinski definition) is 2. The van der Waals surface area contributed by atoms with Crippen LogP contribution in [0.2, 0.25) is 0 Å². The Labute approximate surface area is 101 Å². The zero-order chi connectivity index (χ0) is 13.5. The maximum absolute atomic E-state index is 11.5. The fourth-order valence-corrected chi connectivity index (χ4v) is 2.46. The monoisotopic (exact) mass is 265 g/mol. The fourth-order valence-electron chi connectivity index (χ4n) is 1.19. The van der Waals surface area contributed by atoms with E-state index in [1.807, 2.05) is 6.92 Å². The molecule has 0 aromatic heterocycles. The van der Waals surface area contributed by atoms with Crippen molar-refractivity contribution in [2.45, 2.75) is 39.2 Å². The van der Waals surface area contributed by atoms with Gasteiger partial charge in [0.2, 0.25) is 5.91 Å². The van der Waals surface area contributed by atoms with Gasteiger partial charge in [-0.15, -0.1) is 0 Å². The van der Waals surface area contributed by atoms with E-state index in [9.17, 15) is 18.0 Å². The Hall–Kier alpha value is -1.11. The second-order valence-corrected chi connectivity index (χ2v) is 6.11. The SMILES string of the molecule is CCCCCS(=O)(=O)CC(=O)NC(C)C(=O)O. The van der Waals surface area contributed by atoms with Crippen molar-refractivity contribution in [1.29, 1.82) is 0 Å². The number of carboxylic acids is 1. The van der Waals surface area contributed by atoms with Crippen LogP contribution in [0.15, 0.2) is 0 Å². The second kappa shape index (κ2) is 7.26. The number of sulfone groups is 1. The molecule has 0 fully saturated rings. The molecular formula is C10H19NO5S. The third-order valence-electron chi connectivity index (χ3n) is 2.16. The van der Waals surface area contributed by atoms with Gasteiger partial charge in [0, 0.05) is 0 Å². The fraction of sp³-hybridized carbons (Fsp3) is 0.800. The van der Waals surface area contributed by atoms with Crippen molar-refractivity contribution in [2.75, 3.05) is 11.5 Å². The number of nitrogens with one attached hydrogen (secondary N) is 1. The molecule has 0 saturated heterocycles. The largest absolute Gasteiger partial charge is 0.480 e. The number of rotatable bonds is 8. The van der Waals surface area contributed by atoms with Gasteiger partial charge in [-0.05, 0) is 13.3 Å². The van der Waals surface area contributed by atoms with E-state index in [4.69, 9.17) is 5.11 Å². The van der Waals surface area contributed by atoms with Crippen molar-refractivity contribution in [2.24, 2.45) is 0 Å². The van der Waals surface area contributed by atoms with Crippen LogP contribution in [-0.4, -0.2) is 42.9 Å². The van der Waals surface area contributed by atoms with Gasteiger partial charge in [0.15, 0.2) is 9.84 Å². The van der Waals surface area contributed by atoms with Crippen LogP contribution >= 0.6 is 0 Å². The maximum atomic E-state index is 11.5. The van der Waals surface area contributed by atoms with Gasteiger partial charge in [0.1, 0.15) is 11.8 Å². The molecule has 0 bridgehead atoms. The van der Waals surface area contributed by atoms with Gasteiger partial charge in [0.25, 0.3) is 0 Å². The Morgan fingerprint density at radius 1 is 1.29 bits per heavy atom. The molecule has 0 radical (unpaired) electrons. The zero-order valence-electron chi connectivity index (χ0n) is 10.1. The number of carbonyl (C=O) groups excluding carboxylic acids is 1. The third-order valence-corrected chi connectivity index (χ3v) is 3.77. The van der Waals surface area contributed by atoms with Crippen LogP contribution in [0.5, 0.6) is 0 Å². The maximum Gasteiger partial charge on any atom is 0.325 e.